The van der Waals surface area contributed by atoms with Crippen molar-refractivity contribution in [2.24, 2.45) is 0 Å². The average Bonchev–Trinajstić information content (AvgIpc) is 3.68. The summed E-state index contributed by atoms with van der Waals surface area (Å²) in [5.41, 5.74) is 9.01. The lowest BCUT2D eigenvalue weighted by Crippen LogP contribution is -2.25. The zero-order valence-corrected chi connectivity index (χ0v) is 25.1. The van der Waals surface area contributed by atoms with Gasteiger partial charge < -0.3 is 9.88 Å². The number of tetrazole rings is 1. The number of carbonyl (C=O) groups is 1. The largest absolute Gasteiger partial charge is 0.325 e. The van der Waals surface area contributed by atoms with Crippen molar-refractivity contribution in [3.63, 3.8) is 0 Å². The van der Waals surface area contributed by atoms with Crippen LogP contribution in [-0.2, 0) is 24.2 Å². The number of aromatic nitrogens is 6. The number of aromatic amines is 1. The second kappa shape index (κ2) is 12.6. The van der Waals surface area contributed by atoms with Crippen LogP contribution in [0.25, 0.3) is 33.5 Å². The fraction of sp³-hybridized carbons (Fsp3) is 0.206. The van der Waals surface area contributed by atoms with Gasteiger partial charge in [0.15, 0.2) is 0 Å². The maximum absolute atomic E-state index is 13.1. The summed E-state index contributed by atoms with van der Waals surface area (Å²) in [4.78, 5) is 18.1. The normalized spacial score (nSPS) is 12.0. The molecule has 4 aromatic carbocycles. The summed E-state index contributed by atoms with van der Waals surface area (Å²) >= 11 is 4.60. The minimum absolute atomic E-state index is 0.123. The first kappa shape index (κ1) is 28.4. The molecule has 6 rings (SSSR count). The third kappa shape index (κ3) is 6.22. The molecule has 2 N–H and O–H groups in total. The van der Waals surface area contributed by atoms with E-state index in [0.29, 0.717) is 18.8 Å². The molecule has 1 atom stereocenters. The predicted molar refractivity (Wildman–Crippen MR) is 174 cm³/mol. The highest BCUT2D eigenvalue weighted by molar-refractivity contribution is 7.81. The Morgan fingerprint density at radius 2 is 1.70 bits per heavy atom. The molecule has 9 heteroatoms. The first-order valence-electron chi connectivity index (χ1n) is 14.4. The van der Waals surface area contributed by atoms with Gasteiger partial charge >= 0.3 is 0 Å². The molecule has 6 aromatic rings. The number of H-pyrrole nitrogens is 1. The summed E-state index contributed by atoms with van der Waals surface area (Å²) < 4.78 is 2.27. The van der Waals surface area contributed by atoms with E-state index in [9.17, 15) is 4.79 Å². The molecule has 0 aliphatic rings. The molecule has 0 unspecified atom stereocenters. The number of thiol groups is 1. The molecule has 0 aliphatic heterocycles. The first-order valence-corrected chi connectivity index (χ1v) is 15.0. The average molecular weight is 588 g/mol. The van der Waals surface area contributed by atoms with Crippen LogP contribution < -0.4 is 5.32 Å². The number of rotatable bonds is 10. The van der Waals surface area contributed by atoms with Gasteiger partial charge in [0, 0.05) is 24.2 Å². The summed E-state index contributed by atoms with van der Waals surface area (Å²) in [5.74, 6) is 1.48. The molecule has 0 saturated heterocycles. The minimum Gasteiger partial charge on any atom is -0.325 e. The second-order valence-electron chi connectivity index (χ2n) is 10.7. The molecule has 8 nitrogen and oxygen atoms in total. The van der Waals surface area contributed by atoms with Crippen LogP contribution in [0.4, 0.5) is 5.69 Å². The second-order valence-corrected chi connectivity index (χ2v) is 11.3. The van der Waals surface area contributed by atoms with Crippen molar-refractivity contribution in [2.45, 2.75) is 44.9 Å². The van der Waals surface area contributed by atoms with Crippen molar-refractivity contribution in [3.05, 3.63) is 114 Å². The fourth-order valence-corrected chi connectivity index (χ4v) is 5.71. The molecule has 0 spiro atoms. The van der Waals surface area contributed by atoms with Crippen LogP contribution in [-0.4, -0.2) is 41.3 Å². The molecule has 0 radical (unpaired) electrons. The number of benzene rings is 4. The van der Waals surface area contributed by atoms with E-state index in [4.69, 9.17) is 4.98 Å². The Morgan fingerprint density at radius 1 is 0.953 bits per heavy atom. The molecular formula is C34H33N7OS. The number of imidazole rings is 1. The Kier molecular flexibility index (Phi) is 8.33. The summed E-state index contributed by atoms with van der Waals surface area (Å²) in [6, 6.07) is 30.6. The van der Waals surface area contributed by atoms with Crippen LogP contribution in [0.5, 0.6) is 0 Å². The van der Waals surface area contributed by atoms with E-state index < -0.39 is 5.25 Å². The number of amides is 1. The molecule has 216 valence electrons. The van der Waals surface area contributed by atoms with Gasteiger partial charge in [0.05, 0.1) is 16.3 Å². The van der Waals surface area contributed by atoms with E-state index in [-0.39, 0.29) is 5.91 Å². The van der Waals surface area contributed by atoms with E-state index in [1.54, 1.807) is 0 Å². The molecule has 0 aliphatic carbocycles. The highest BCUT2D eigenvalue weighted by Gasteiger charge is 2.18. The third-order valence-corrected chi connectivity index (χ3v) is 7.98. The smallest absolute Gasteiger partial charge is 0.237 e. The summed E-state index contributed by atoms with van der Waals surface area (Å²) in [6.07, 6.45) is 2.41. The van der Waals surface area contributed by atoms with Crippen LogP contribution in [0.2, 0.25) is 0 Å². The molecule has 1 amide bonds. The zero-order chi connectivity index (χ0) is 29.8. The van der Waals surface area contributed by atoms with Crippen LogP contribution in [0, 0.1) is 6.92 Å². The van der Waals surface area contributed by atoms with Gasteiger partial charge in [0.25, 0.3) is 0 Å². The van der Waals surface area contributed by atoms with Crippen LogP contribution in [0.3, 0.4) is 0 Å². The predicted octanol–water partition coefficient (Wildman–Crippen LogP) is 6.67. The summed E-state index contributed by atoms with van der Waals surface area (Å²) in [5, 5.41) is 17.2. The lowest BCUT2D eigenvalue weighted by atomic mass is 9.98. The summed E-state index contributed by atoms with van der Waals surface area (Å²) in [7, 11) is 0. The van der Waals surface area contributed by atoms with Gasteiger partial charge in [-0.2, -0.15) is 17.8 Å². The van der Waals surface area contributed by atoms with Gasteiger partial charge in [-0.25, -0.2) is 4.98 Å². The van der Waals surface area contributed by atoms with Crippen LogP contribution in [0.1, 0.15) is 35.9 Å². The van der Waals surface area contributed by atoms with Crippen LogP contribution >= 0.6 is 12.6 Å². The van der Waals surface area contributed by atoms with Crippen molar-refractivity contribution in [3.8, 4) is 22.5 Å². The van der Waals surface area contributed by atoms with Crippen molar-refractivity contribution >= 4 is 35.3 Å². The Hall–Kier alpha value is -4.76. The first-order chi connectivity index (χ1) is 21.0. The van der Waals surface area contributed by atoms with E-state index in [0.717, 1.165) is 68.8 Å². The van der Waals surface area contributed by atoms with Gasteiger partial charge in [0.1, 0.15) is 5.82 Å². The number of anilines is 1. The van der Waals surface area contributed by atoms with Gasteiger partial charge in [-0.3, -0.25) is 4.79 Å². The topological polar surface area (TPSA) is 101 Å². The van der Waals surface area contributed by atoms with Crippen molar-refractivity contribution in [2.75, 3.05) is 5.32 Å². The number of nitrogens with zero attached hydrogens (tertiary/aromatic N) is 5. The van der Waals surface area contributed by atoms with Gasteiger partial charge in [-0.05, 0) is 64.9 Å². The monoisotopic (exact) mass is 587 g/mol. The highest BCUT2D eigenvalue weighted by Crippen LogP contribution is 2.31. The summed E-state index contributed by atoms with van der Waals surface area (Å²) in [6.45, 7) is 4.87. The zero-order valence-electron chi connectivity index (χ0n) is 24.2. The highest BCUT2D eigenvalue weighted by atomic mass is 32.1. The number of hydrogen-bond acceptors (Lipinski definition) is 6. The molecule has 2 heterocycles. The molecule has 0 bridgehead atoms. The number of aryl methyl sites for hydroxylation is 2. The van der Waals surface area contributed by atoms with E-state index >= 15 is 0 Å². The van der Waals surface area contributed by atoms with E-state index in [2.05, 4.69) is 80.4 Å². The number of fused-ring (bicyclic) bond motifs is 1. The Morgan fingerprint density at radius 3 is 2.42 bits per heavy atom. The lowest BCUT2D eigenvalue weighted by Gasteiger charge is -2.14. The van der Waals surface area contributed by atoms with Crippen LogP contribution in [0.15, 0.2) is 91.0 Å². The van der Waals surface area contributed by atoms with Gasteiger partial charge in [-0.15, -0.1) is 10.2 Å². The molecule has 2 aromatic heterocycles. The van der Waals surface area contributed by atoms with Gasteiger partial charge in [-0.1, -0.05) is 85.8 Å². The number of nitrogens with one attached hydrogen (secondary N) is 2. The maximum atomic E-state index is 13.1. The minimum atomic E-state index is -0.456. The molecule has 43 heavy (non-hydrogen) atoms. The van der Waals surface area contributed by atoms with E-state index in [1.807, 2.05) is 67.6 Å². The molecule has 0 fully saturated rings. The Labute approximate surface area is 256 Å². The van der Waals surface area contributed by atoms with Crippen molar-refractivity contribution < 1.29 is 4.79 Å². The Bertz CT molecular complexity index is 1850. The SMILES string of the molecule is CCCc1nc2c(C)cc(NC(=O)[C@H](S)Cc3ccccc3)cc2n1Cc1ccc(-c2ccccc2-c2nn[nH]n2)cc1. The fourth-order valence-electron chi connectivity index (χ4n) is 5.44. The molecule has 0 saturated carbocycles. The quantitative estimate of drug-likeness (QED) is 0.155. The van der Waals surface area contributed by atoms with Crippen molar-refractivity contribution in [1.82, 2.24) is 30.2 Å². The van der Waals surface area contributed by atoms with Gasteiger partial charge in [0.2, 0.25) is 11.7 Å². The maximum Gasteiger partial charge on any atom is 0.237 e. The number of hydrogen-bond donors (Lipinski definition) is 3. The molecular weight excluding hydrogens is 554 g/mol. The lowest BCUT2D eigenvalue weighted by molar-refractivity contribution is -0.115. The Balaban J connectivity index is 1.27. The standard InChI is InChI=1S/C34H33N7OS/c1-3-9-31-36-32-22(2)18-26(35-34(42)30(43)19-23-10-5-4-6-11-23)20-29(32)41(31)21-24-14-16-25(17-15-24)27-12-7-8-13-28(27)33-37-39-40-38-33/h4-8,10-18,20,30,43H,3,9,19,21H2,1-2H3,(H,35,42)(H,37,38,39,40)/t30-/m1/s1. The number of carbonyl (C=O) groups excluding carboxylic acids is 1. The van der Waals surface area contributed by atoms with Crippen molar-refractivity contribution in [1.29, 1.82) is 0 Å². The third-order valence-electron chi connectivity index (χ3n) is 7.56. The van der Waals surface area contributed by atoms with E-state index in [1.165, 1.54) is 0 Å².